The van der Waals surface area contributed by atoms with Crippen LogP contribution in [0, 0.1) is 0 Å². The maximum absolute atomic E-state index is 13.4. The summed E-state index contributed by atoms with van der Waals surface area (Å²) in [6.45, 7) is 3.23. The number of likely N-dealkylation sites (tertiary alicyclic amines) is 2. The molecular formula is C20H29N4O6S. The zero-order valence-electron chi connectivity index (χ0n) is 18.0. The third-order valence-electron chi connectivity index (χ3n) is 5.68. The lowest BCUT2D eigenvalue weighted by molar-refractivity contribution is -0.162. The number of Topliss-reactive ketones (excluding diaryl/α,β-unsaturated/α-hetero) is 1. The van der Waals surface area contributed by atoms with E-state index < -0.39 is 53.1 Å². The molecule has 0 aromatic heterocycles. The number of hydrogen-bond donors (Lipinski definition) is 2. The molecule has 1 radical (unpaired) electrons. The predicted octanol–water partition coefficient (Wildman–Crippen LogP) is -0.851. The molecule has 2 heterocycles. The van der Waals surface area contributed by atoms with Gasteiger partial charge in [-0.2, -0.15) is 11.8 Å². The van der Waals surface area contributed by atoms with Gasteiger partial charge in [-0.05, 0) is 45.1 Å². The van der Waals surface area contributed by atoms with Crippen LogP contribution in [0.2, 0.25) is 0 Å². The van der Waals surface area contributed by atoms with Crippen molar-refractivity contribution in [3.05, 3.63) is 0 Å². The van der Waals surface area contributed by atoms with Crippen molar-refractivity contribution in [2.75, 3.05) is 18.6 Å². The number of carbonyl (C=O) groups is 5. The van der Waals surface area contributed by atoms with Gasteiger partial charge in [-0.1, -0.05) is 0 Å². The third-order valence-corrected chi connectivity index (χ3v) is 6.29. The number of hydrogen-bond acceptors (Lipinski definition) is 8. The summed E-state index contributed by atoms with van der Waals surface area (Å²) >= 11 is 1.38. The van der Waals surface area contributed by atoms with Crippen LogP contribution in [0.5, 0.6) is 0 Å². The zero-order valence-corrected chi connectivity index (χ0v) is 18.8. The number of thioether (sulfide) groups is 1. The van der Waals surface area contributed by atoms with E-state index in [2.05, 4.69) is 5.32 Å². The van der Waals surface area contributed by atoms with Gasteiger partial charge in [0.1, 0.15) is 12.1 Å². The Morgan fingerprint density at radius 1 is 1.29 bits per heavy atom. The lowest BCUT2D eigenvalue weighted by Gasteiger charge is -2.42. The van der Waals surface area contributed by atoms with Gasteiger partial charge in [0.05, 0.1) is 6.04 Å². The molecule has 11 heteroatoms. The number of nitrogens with one attached hydrogen (secondary N) is 1. The van der Waals surface area contributed by atoms with Gasteiger partial charge in [-0.3, -0.25) is 33.7 Å². The molecule has 0 unspecified atom stereocenters. The average Bonchev–Trinajstić information content (AvgIpc) is 3.23. The summed E-state index contributed by atoms with van der Waals surface area (Å²) in [7, 11) is 0. The van der Waals surface area contributed by atoms with Crippen molar-refractivity contribution >= 4 is 47.5 Å². The standard InChI is InChI=1S/C20H29N4O6S/c1-12(21)17(28)22-13(2)18(29)23-9-4-5-14(23)19(30)24-16(27)7-6-15(26)20(24,11-25)8-10-31-3/h12-14H,4-10,21H2,1-3H3,(H,22,28)/t12-,13-,14-,20-/m0/s1. The summed E-state index contributed by atoms with van der Waals surface area (Å²) < 4.78 is 0. The Balaban J connectivity index is 2.30. The first-order chi connectivity index (χ1) is 14.6. The van der Waals surface area contributed by atoms with Gasteiger partial charge < -0.3 is 16.0 Å². The molecule has 2 rings (SSSR count). The smallest absolute Gasteiger partial charge is 0.253 e. The second-order valence-electron chi connectivity index (χ2n) is 7.90. The molecule has 3 N–H and O–H groups in total. The molecule has 0 spiro atoms. The molecule has 31 heavy (non-hydrogen) atoms. The highest BCUT2D eigenvalue weighted by molar-refractivity contribution is 7.98. The molecular weight excluding hydrogens is 424 g/mol. The quantitative estimate of drug-likeness (QED) is 0.357. The Labute approximate surface area is 185 Å². The van der Waals surface area contributed by atoms with E-state index in [1.165, 1.54) is 30.5 Å². The molecule has 0 aromatic carbocycles. The first-order valence-corrected chi connectivity index (χ1v) is 11.6. The highest BCUT2D eigenvalue weighted by Crippen LogP contribution is 2.32. The molecule has 2 aliphatic rings. The van der Waals surface area contributed by atoms with Gasteiger partial charge in [-0.25, -0.2) is 0 Å². The van der Waals surface area contributed by atoms with Crippen LogP contribution < -0.4 is 11.1 Å². The fraction of sp³-hybridized carbons (Fsp3) is 0.700. The van der Waals surface area contributed by atoms with Crippen LogP contribution in [0.25, 0.3) is 0 Å². The Morgan fingerprint density at radius 3 is 2.55 bits per heavy atom. The van der Waals surface area contributed by atoms with E-state index in [0.717, 1.165) is 4.90 Å². The van der Waals surface area contributed by atoms with E-state index >= 15 is 0 Å². The molecule has 0 saturated carbocycles. The summed E-state index contributed by atoms with van der Waals surface area (Å²) in [4.78, 5) is 77.5. The van der Waals surface area contributed by atoms with Crippen LogP contribution in [0.3, 0.4) is 0 Å². The van der Waals surface area contributed by atoms with Crippen molar-refractivity contribution in [1.82, 2.24) is 15.1 Å². The van der Waals surface area contributed by atoms with Crippen molar-refractivity contribution in [2.45, 2.75) is 69.6 Å². The van der Waals surface area contributed by atoms with E-state index in [-0.39, 0.29) is 32.2 Å². The van der Waals surface area contributed by atoms with Crippen molar-refractivity contribution in [3.63, 3.8) is 0 Å². The monoisotopic (exact) mass is 453 g/mol. The fourth-order valence-corrected chi connectivity index (χ4v) is 4.43. The average molecular weight is 454 g/mol. The molecule has 0 aromatic rings. The topological polar surface area (TPSA) is 147 Å². The first kappa shape index (κ1) is 25.0. The van der Waals surface area contributed by atoms with Gasteiger partial charge in [0.25, 0.3) is 5.91 Å². The van der Waals surface area contributed by atoms with Crippen LogP contribution in [0.4, 0.5) is 0 Å². The van der Waals surface area contributed by atoms with Gasteiger partial charge in [0.2, 0.25) is 24.0 Å². The lowest BCUT2D eigenvalue weighted by atomic mass is 9.83. The summed E-state index contributed by atoms with van der Waals surface area (Å²) in [5.74, 6) is -2.51. The van der Waals surface area contributed by atoms with Crippen LogP contribution in [0.1, 0.15) is 46.0 Å². The molecule has 171 valence electrons. The van der Waals surface area contributed by atoms with Crippen LogP contribution in [-0.4, -0.2) is 87.7 Å². The summed E-state index contributed by atoms with van der Waals surface area (Å²) in [6, 6.07) is -2.73. The highest BCUT2D eigenvalue weighted by atomic mass is 32.2. The van der Waals surface area contributed by atoms with E-state index in [9.17, 15) is 28.8 Å². The van der Waals surface area contributed by atoms with E-state index in [0.29, 0.717) is 12.2 Å². The molecule has 4 atom stereocenters. The van der Waals surface area contributed by atoms with Crippen molar-refractivity contribution < 1.29 is 28.8 Å². The minimum absolute atomic E-state index is 0.0184. The number of ketones is 1. The highest BCUT2D eigenvalue weighted by Gasteiger charge is 2.55. The van der Waals surface area contributed by atoms with Gasteiger partial charge in [-0.15, -0.1) is 0 Å². The fourth-order valence-electron chi connectivity index (χ4n) is 3.93. The Bertz CT molecular complexity index is 773. The predicted molar refractivity (Wildman–Crippen MR) is 114 cm³/mol. The van der Waals surface area contributed by atoms with E-state index in [1.54, 1.807) is 12.5 Å². The number of rotatable bonds is 8. The van der Waals surface area contributed by atoms with E-state index in [1.807, 2.05) is 0 Å². The second-order valence-corrected chi connectivity index (χ2v) is 8.89. The third kappa shape index (κ3) is 4.98. The van der Waals surface area contributed by atoms with Crippen LogP contribution >= 0.6 is 11.8 Å². The maximum atomic E-state index is 13.4. The molecule has 2 fully saturated rings. The van der Waals surface area contributed by atoms with Crippen molar-refractivity contribution in [3.8, 4) is 0 Å². The van der Waals surface area contributed by atoms with Crippen molar-refractivity contribution in [1.29, 1.82) is 0 Å². The summed E-state index contributed by atoms with van der Waals surface area (Å²) in [5, 5.41) is 2.50. The molecule has 2 saturated heterocycles. The first-order valence-electron chi connectivity index (χ1n) is 10.3. The summed E-state index contributed by atoms with van der Waals surface area (Å²) in [6.07, 6.45) is 3.96. The molecule has 2 aliphatic heterocycles. The number of nitrogens with two attached hydrogens (primary N) is 1. The van der Waals surface area contributed by atoms with Gasteiger partial charge in [0.15, 0.2) is 11.3 Å². The molecule has 4 amide bonds. The van der Waals surface area contributed by atoms with Gasteiger partial charge >= 0.3 is 0 Å². The number of carbonyl (C=O) groups excluding carboxylic acids is 6. The Hall–Kier alpha value is -2.27. The Morgan fingerprint density at radius 2 is 1.97 bits per heavy atom. The molecule has 0 aliphatic carbocycles. The Kier molecular flexibility index (Phi) is 8.35. The van der Waals surface area contributed by atoms with Crippen molar-refractivity contribution in [2.24, 2.45) is 5.73 Å². The van der Waals surface area contributed by atoms with Gasteiger partial charge in [0, 0.05) is 19.4 Å². The van der Waals surface area contributed by atoms with Crippen LogP contribution in [0.15, 0.2) is 0 Å². The number of amides is 4. The maximum Gasteiger partial charge on any atom is 0.253 e. The lowest BCUT2D eigenvalue weighted by Crippen LogP contribution is -2.67. The summed E-state index contributed by atoms with van der Waals surface area (Å²) in [5.41, 5.74) is 3.56. The second kappa shape index (κ2) is 10.4. The van der Waals surface area contributed by atoms with Crippen LogP contribution in [-0.2, 0) is 28.8 Å². The van der Waals surface area contributed by atoms with E-state index in [4.69, 9.17) is 5.73 Å². The molecule has 10 nitrogen and oxygen atoms in total. The number of piperidine rings is 1. The minimum Gasteiger partial charge on any atom is -0.343 e. The zero-order chi connectivity index (χ0) is 23.3. The molecule has 0 bridgehead atoms. The number of imide groups is 1. The normalized spacial score (nSPS) is 25.9. The minimum atomic E-state index is -1.96. The largest absolute Gasteiger partial charge is 0.343 e. The SMILES string of the molecule is CSCC[C@]1([C]=O)C(=O)CCC(=O)N1C(=O)[C@@H]1CCCN1C(=O)[C@H](C)NC(=O)[C@H](C)N. The number of nitrogens with zero attached hydrogens (tertiary/aromatic N) is 2.